The summed E-state index contributed by atoms with van der Waals surface area (Å²) in [7, 11) is 0. The fourth-order valence-electron chi connectivity index (χ4n) is 4.09. The molecule has 0 amide bonds. The number of rotatable bonds is 6. The van der Waals surface area contributed by atoms with Gasteiger partial charge in [-0.2, -0.15) is 0 Å². The lowest BCUT2D eigenvalue weighted by atomic mass is 10.0. The van der Waals surface area contributed by atoms with Gasteiger partial charge in [0.15, 0.2) is 5.13 Å². The number of para-hydroxylation sites is 1. The van der Waals surface area contributed by atoms with E-state index in [2.05, 4.69) is 75.1 Å². The molecule has 0 aliphatic carbocycles. The molecule has 1 aliphatic heterocycles. The maximum absolute atomic E-state index is 4.77. The second-order valence-electron chi connectivity index (χ2n) is 7.83. The molecule has 4 aromatic rings. The molecule has 2 heterocycles. The molecule has 5 rings (SSSR count). The molecule has 0 unspecified atom stereocenters. The molecule has 1 saturated heterocycles. The van der Waals surface area contributed by atoms with Crippen molar-refractivity contribution in [2.45, 2.75) is 13.1 Å². The van der Waals surface area contributed by atoms with Crippen LogP contribution in [0.25, 0.3) is 10.8 Å². The van der Waals surface area contributed by atoms with Crippen LogP contribution in [0, 0.1) is 0 Å². The van der Waals surface area contributed by atoms with Crippen molar-refractivity contribution < 1.29 is 0 Å². The Morgan fingerprint density at radius 3 is 2.30 bits per heavy atom. The Hall–Kier alpha value is -2.73. The normalized spacial score (nSPS) is 15.5. The van der Waals surface area contributed by atoms with Gasteiger partial charge in [0.2, 0.25) is 0 Å². The van der Waals surface area contributed by atoms with Crippen molar-refractivity contribution in [1.82, 2.24) is 14.8 Å². The van der Waals surface area contributed by atoms with E-state index in [4.69, 9.17) is 4.98 Å². The van der Waals surface area contributed by atoms with E-state index in [1.54, 1.807) is 11.3 Å². The van der Waals surface area contributed by atoms with Gasteiger partial charge < -0.3 is 5.32 Å². The molecule has 0 bridgehead atoms. The Morgan fingerprint density at radius 1 is 0.767 bits per heavy atom. The molecule has 3 aromatic carbocycles. The van der Waals surface area contributed by atoms with Gasteiger partial charge in [0.05, 0.1) is 5.69 Å². The Labute approximate surface area is 181 Å². The lowest BCUT2D eigenvalue weighted by Gasteiger charge is -2.34. The summed E-state index contributed by atoms with van der Waals surface area (Å²) >= 11 is 1.68. The molecule has 1 aliphatic rings. The van der Waals surface area contributed by atoms with Crippen molar-refractivity contribution in [1.29, 1.82) is 0 Å². The number of benzene rings is 3. The summed E-state index contributed by atoms with van der Waals surface area (Å²) in [5.74, 6) is 0. The third-order valence-corrected chi connectivity index (χ3v) is 6.51. The summed E-state index contributed by atoms with van der Waals surface area (Å²) in [6.45, 7) is 6.32. The van der Waals surface area contributed by atoms with Crippen molar-refractivity contribution in [3.8, 4) is 0 Å². The molecule has 0 atom stereocenters. The van der Waals surface area contributed by atoms with Crippen LogP contribution in [0.4, 0.5) is 10.8 Å². The highest BCUT2D eigenvalue weighted by Gasteiger charge is 2.18. The van der Waals surface area contributed by atoms with Crippen molar-refractivity contribution in [3.05, 3.63) is 89.4 Å². The number of nitrogens with one attached hydrogen (secondary N) is 1. The van der Waals surface area contributed by atoms with Gasteiger partial charge in [0, 0.05) is 50.3 Å². The summed E-state index contributed by atoms with van der Waals surface area (Å²) in [4.78, 5) is 9.86. The van der Waals surface area contributed by atoms with Gasteiger partial charge in [-0.3, -0.25) is 9.80 Å². The van der Waals surface area contributed by atoms with Crippen LogP contribution < -0.4 is 5.32 Å². The summed E-state index contributed by atoms with van der Waals surface area (Å²) in [5.41, 5.74) is 3.67. The van der Waals surface area contributed by atoms with Crippen LogP contribution in [0.15, 0.2) is 78.2 Å². The highest BCUT2D eigenvalue weighted by molar-refractivity contribution is 7.13. The summed E-state index contributed by atoms with van der Waals surface area (Å²) in [5, 5.41) is 9.24. The maximum atomic E-state index is 4.77. The van der Waals surface area contributed by atoms with E-state index >= 15 is 0 Å². The van der Waals surface area contributed by atoms with E-state index in [9.17, 15) is 0 Å². The first-order valence-electron chi connectivity index (χ1n) is 10.5. The first kappa shape index (κ1) is 19.2. The van der Waals surface area contributed by atoms with E-state index in [1.165, 1.54) is 16.3 Å². The van der Waals surface area contributed by atoms with Crippen molar-refractivity contribution in [2.75, 3.05) is 31.5 Å². The van der Waals surface area contributed by atoms with Crippen LogP contribution in [0.2, 0.25) is 0 Å². The minimum absolute atomic E-state index is 0.926. The SMILES string of the molecule is c1ccc(Nc2nc(CN3CCN(Cc4cccc5ccccc45)CC3)cs2)cc1. The largest absolute Gasteiger partial charge is 0.332 e. The average molecular weight is 415 g/mol. The number of hydrogen-bond acceptors (Lipinski definition) is 5. The Balaban J connectivity index is 1.15. The van der Waals surface area contributed by atoms with E-state index in [0.717, 1.165) is 55.8 Å². The molecule has 1 fully saturated rings. The van der Waals surface area contributed by atoms with Crippen LogP contribution in [0.5, 0.6) is 0 Å². The zero-order valence-corrected chi connectivity index (χ0v) is 17.8. The Kier molecular flexibility index (Phi) is 5.75. The molecule has 0 radical (unpaired) electrons. The third kappa shape index (κ3) is 4.54. The van der Waals surface area contributed by atoms with Crippen LogP contribution in [-0.2, 0) is 13.1 Å². The number of hydrogen-bond donors (Lipinski definition) is 1. The van der Waals surface area contributed by atoms with Gasteiger partial charge in [-0.05, 0) is 28.5 Å². The van der Waals surface area contributed by atoms with E-state index < -0.39 is 0 Å². The lowest BCUT2D eigenvalue weighted by molar-refractivity contribution is 0.121. The minimum atomic E-state index is 0.926. The average Bonchev–Trinajstić information content (AvgIpc) is 3.23. The van der Waals surface area contributed by atoms with Gasteiger partial charge in [-0.15, -0.1) is 11.3 Å². The monoisotopic (exact) mass is 414 g/mol. The fraction of sp³-hybridized carbons (Fsp3) is 0.240. The predicted octanol–water partition coefficient (Wildman–Crippen LogP) is 5.36. The Morgan fingerprint density at radius 2 is 1.47 bits per heavy atom. The first-order chi connectivity index (χ1) is 14.8. The second kappa shape index (κ2) is 8.96. The summed E-state index contributed by atoms with van der Waals surface area (Å²) in [6.07, 6.45) is 0. The first-order valence-corrected chi connectivity index (χ1v) is 11.4. The number of nitrogens with zero attached hydrogens (tertiary/aromatic N) is 3. The van der Waals surface area contributed by atoms with Crippen molar-refractivity contribution >= 4 is 32.9 Å². The topological polar surface area (TPSA) is 31.4 Å². The van der Waals surface area contributed by atoms with Crippen LogP contribution >= 0.6 is 11.3 Å². The fourth-order valence-corrected chi connectivity index (χ4v) is 4.81. The molecule has 4 nitrogen and oxygen atoms in total. The molecule has 1 N–H and O–H groups in total. The van der Waals surface area contributed by atoms with Crippen LogP contribution in [0.1, 0.15) is 11.3 Å². The highest BCUT2D eigenvalue weighted by atomic mass is 32.1. The third-order valence-electron chi connectivity index (χ3n) is 5.70. The van der Waals surface area contributed by atoms with Gasteiger partial charge in [0.1, 0.15) is 0 Å². The second-order valence-corrected chi connectivity index (χ2v) is 8.68. The van der Waals surface area contributed by atoms with E-state index in [-0.39, 0.29) is 0 Å². The number of fused-ring (bicyclic) bond motifs is 1. The number of aromatic nitrogens is 1. The summed E-state index contributed by atoms with van der Waals surface area (Å²) < 4.78 is 0. The highest BCUT2D eigenvalue weighted by Crippen LogP contribution is 2.23. The number of thiazole rings is 1. The number of piperazine rings is 1. The van der Waals surface area contributed by atoms with Crippen molar-refractivity contribution in [2.24, 2.45) is 0 Å². The molecule has 5 heteroatoms. The zero-order chi connectivity index (χ0) is 20.2. The van der Waals surface area contributed by atoms with Gasteiger partial charge in [-0.1, -0.05) is 60.7 Å². The van der Waals surface area contributed by atoms with Crippen LogP contribution in [0.3, 0.4) is 0 Å². The van der Waals surface area contributed by atoms with Gasteiger partial charge >= 0.3 is 0 Å². The molecular weight excluding hydrogens is 388 g/mol. The number of anilines is 2. The summed E-state index contributed by atoms with van der Waals surface area (Å²) in [6, 6.07) is 25.6. The molecular formula is C25H26N4S. The molecule has 152 valence electrons. The van der Waals surface area contributed by atoms with Gasteiger partial charge in [-0.25, -0.2) is 4.98 Å². The van der Waals surface area contributed by atoms with Crippen molar-refractivity contribution in [3.63, 3.8) is 0 Å². The van der Waals surface area contributed by atoms with Gasteiger partial charge in [0.25, 0.3) is 0 Å². The molecule has 0 spiro atoms. The minimum Gasteiger partial charge on any atom is -0.332 e. The van der Waals surface area contributed by atoms with Crippen LogP contribution in [-0.4, -0.2) is 41.0 Å². The molecule has 1 aromatic heterocycles. The predicted molar refractivity (Wildman–Crippen MR) is 126 cm³/mol. The maximum Gasteiger partial charge on any atom is 0.187 e. The standard InChI is InChI=1S/C25H26N4S/c1-2-10-22(11-3-1)26-25-27-23(19-30-25)18-29-15-13-28(14-16-29)17-21-9-6-8-20-7-4-5-12-24(20)21/h1-12,19H,13-18H2,(H,26,27). The quantitative estimate of drug-likeness (QED) is 0.460. The molecule has 0 saturated carbocycles. The van der Waals surface area contributed by atoms with E-state index in [0.29, 0.717) is 0 Å². The molecule has 30 heavy (non-hydrogen) atoms. The lowest BCUT2D eigenvalue weighted by Crippen LogP contribution is -2.45. The van der Waals surface area contributed by atoms with E-state index in [1.807, 2.05) is 18.2 Å². The smallest absolute Gasteiger partial charge is 0.187 e. The zero-order valence-electron chi connectivity index (χ0n) is 17.0. The Bertz CT molecular complexity index is 1100.